The van der Waals surface area contributed by atoms with Crippen LogP contribution in [0.4, 0.5) is 0 Å². The molecule has 0 bridgehead atoms. The standard InChI is InChI=1S/C10H8O5S/c11-7-3-1-2-6-4-5-8(12)10(9(6)7)15-16(13)14/h1-5,11-12H,(H,13,14)/p-1. The molecule has 0 heterocycles. The van der Waals surface area contributed by atoms with E-state index in [-0.39, 0.29) is 22.6 Å². The smallest absolute Gasteiger partial charge is 0.192 e. The second-order valence-electron chi connectivity index (χ2n) is 3.08. The number of rotatable bonds is 2. The Balaban J connectivity index is 2.77. The summed E-state index contributed by atoms with van der Waals surface area (Å²) in [4.78, 5) is 0. The molecule has 2 aromatic rings. The minimum absolute atomic E-state index is 0.158. The Morgan fingerprint density at radius 2 is 1.88 bits per heavy atom. The third-order valence-corrected chi connectivity index (χ3v) is 2.41. The fourth-order valence-corrected chi connectivity index (χ4v) is 1.77. The first kappa shape index (κ1) is 10.7. The van der Waals surface area contributed by atoms with Crippen LogP contribution in [-0.4, -0.2) is 19.0 Å². The predicted molar refractivity (Wildman–Crippen MR) is 56.8 cm³/mol. The molecule has 16 heavy (non-hydrogen) atoms. The van der Waals surface area contributed by atoms with Gasteiger partial charge in [0.15, 0.2) is 11.5 Å². The summed E-state index contributed by atoms with van der Waals surface area (Å²) in [7, 11) is 0. The zero-order valence-electron chi connectivity index (χ0n) is 7.91. The van der Waals surface area contributed by atoms with E-state index in [0.717, 1.165) is 0 Å². The van der Waals surface area contributed by atoms with Crippen LogP contribution in [0.1, 0.15) is 0 Å². The van der Waals surface area contributed by atoms with Crippen molar-refractivity contribution < 1.29 is 23.2 Å². The maximum absolute atomic E-state index is 10.5. The van der Waals surface area contributed by atoms with E-state index >= 15 is 0 Å². The molecule has 0 saturated carbocycles. The lowest BCUT2D eigenvalue weighted by Crippen LogP contribution is -1.98. The number of phenolic OH excluding ortho intramolecular Hbond substituents is 2. The lowest BCUT2D eigenvalue weighted by Gasteiger charge is -2.12. The molecular weight excluding hydrogens is 232 g/mol. The molecule has 84 valence electrons. The third-order valence-electron chi connectivity index (χ3n) is 2.11. The summed E-state index contributed by atoms with van der Waals surface area (Å²) < 4.78 is 25.4. The van der Waals surface area contributed by atoms with E-state index < -0.39 is 11.4 Å². The van der Waals surface area contributed by atoms with Crippen LogP contribution >= 0.6 is 0 Å². The summed E-state index contributed by atoms with van der Waals surface area (Å²) in [6.45, 7) is 0. The Bertz CT molecular complexity index is 566. The van der Waals surface area contributed by atoms with Crippen molar-refractivity contribution in [2.24, 2.45) is 0 Å². The largest absolute Gasteiger partial charge is 0.740 e. The van der Waals surface area contributed by atoms with Gasteiger partial charge in [0.1, 0.15) is 17.1 Å². The first-order valence-corrected chi connectivity index (χ1v) is 5.31. The molecule has 0 aliphatic carbocycles. The van der Waals surface area contributed by atoms with Crippen molar-refractivity contribution in [2.75, 3.05) is 0 Å². The summed E-state index contributed by atoms with van der Waals surface area (Å²) in [6.07, 6.45) is 0. The van der Waals surface area contributed by atoms with Crippen molar-refractivity contribution in [2.45, 2.75) is 0 Å². The van der Waals surface area contributed by atoms with E-state index in [1.165, 1.54) is 12.1 Å². The van der Waals surface area contributed by atoms with Crippen LogP contribution in [0.5, 0.6) is 17.2 Å². The van der Waals surface area contributed by atoms with E-state index in [9.17, 15) is 19.0 Å². The molecule has 5 nitrogen and oxygen atoms in total. The second kappa shape index (κ2) is 3.99. The molecule has 0 aliphatic rings. The topological polar surface area (TPSA) is 89.8 Å². The van der Waals surface area contributed by atoms with Gasteiger partial charge in [-0.15, -0.1) is 0 Å². The van der Waals surface area contributed by atoms with Crippen LogP contribution in [0.15, 0.2) is 30.3 Å². The van der Waals surface area contributed by atoms with Gasteiger partial charge in [-0.05, 0) is 17.5 Å². The van der Waals surface area contributed by atoms with Crippen LogP contribution in [0.2, 0.25) is 0 Å². The maximum atomic E-state index is 10.5. The minimum Gasteiger partial charge on any atom is -0.740 e. The van der Waals surface area contributed by atoms with Crippen molar-refractivity contribution in [3.05, 3.63) is 30.3 Å². The van der Waals surface area contributed by atoms with E-state index in [0.29, 0.717) is 5.39 Å². The Morgan fingerprint density at radius 1 is 1.12 bits per heavy atom. The second-order valence-corrected chi connectivity index (χ2v) is 3.65. The highest BCUT2D eigenvalue weighted by atomic mass is 32.2. The molecule has 2 aromatic carbocycles. The van der Waals surface area contributed by atoms with E-state index in [4.69, 9.17) is 0 Å². The summed E-state index contributed by atoms with van der Waals surface area (Å²) >= 11 is -2.81. The Morgan fingerprint density at radius 3 is 2.56 bits per heavy atom. The lowest BCUT2D eigenvalue weighted by atomic mass is 10.1. The van der Waals surface area contributed by atoms with Crippen LogP contribution < -0.4 is 4.18 Å². The van der Waals surface area contributed by atoms with Crippen LogP contribution in [0.25, 0.3) is 10.8 Å². The predicted octanol–water partition coefficient (Wildman–Crippen LogP) is 1.42. The number of hydrogen-bond donors (Lipinski definition) is 2. The summed E-state index contributed by atoms with van der Waals surface area (Å²) in [5.41, 5.74) is 0. The highest BCUT2D eigenvalue weighted by Gasteiger charge is 2.12. The van der Waals surface area contributed by atoms with Gasteiger partial charge in [-0.25, -0.2) is 4.21 Å². The fourth-order valence-electron chi connectivity index (χ4n) is 1.47. The molecule has 2 N–H and O–H groups in total. The number of benzene rings is 2. The Kier molecular flexibility index (Phi) is 2.67. The molecule has 0 aromatic heterocycles. The van der Waals surface area contributed by atoms with Gasteiger partial charge in [0.05, 0.1) is 5.39 Å². The van der Waals surface area contributed by atoms with E-state index in [2.05, 4.69) is 4.18 Å². The fraction of sp³-hybridized carbons (Fsp3) is 0. The van der Waals surface area contributed by atoms with Gasteiger partial charge >= 0.3 is 0 Å². The van der Waals surface area contributed by atoms with E-state index in [1.54, 1.807) is 18.2 Å². The van der Waals surface area contributed by atoms with Crippen LogP contribution in [0, 0.1) is 0 Å². The van der Waals surface area contributed by atoms with E-state index in [1.807, 2.05) is 0 Å². The molecule has 0 radical (unpaired) electrons. The summed E-state index contributed by atoms with van der Waals surface area (Å²) in [6, 6.07) is 7.49. The normalized spacial score (nSPS) is 12.6. The molecule has 1 atom stereocenters. The number of aromatic hydroxyl groups is 2. The van der Waals surface area contributed by atoms with Gasteiger partial charge in [0, 0.05) is 0 Å². The summed E-state index contributed by atoms with van der Waals surface area (Å²) in [5, 5.41) is 19.8. The molecule has 0 aliphatic heterocycles. The molecule has 1 unspecified atom stereocenters. The highest BCUT2D eigenvalue weighted by Crippen LogP contribution is 2.39. The number of phenols is 2. The quantitative estimate of drug-likeness (QED) is 0.773. The maximum Gasteiger partial charge on any atom is 0.192 e. The van der Waals surface area contributed by atoms with Crippen molar-refractivity contribution in [1.82, 2.24) is 0 Å². The van der Waals surface area contributed by atoms with Gasteiger partial charge in [-0.1, -0.05) is 18.2 Å². The Labute approximate surface area is 93.4 Å². The van der Waals surface area contributed by atoms with Crippen LogP contribution in [-0.2, 0) is 11.4 Å². The molecule has 0 spiro atoms. The Hall–Kier alpha value is -1.79. The zero-order chi connectivity index (χ0) is 11.7. The first-order valence-electron chi connectivity index (χ1n) is 4.31. The number of hydrogen-bond acceptors (Lipinski definition) is 5. The van der Waals surface area contributed by atoms with Gasteiger partial charge < -0.3 is 18.9 Å². The van der Waals surface area contributed by atoms with Gasteiger partial charge in [-0.2, -0.15) is 0 Å². The molecular formula is C10H7O5S-. The number of fused-ring (bicyclic) bond motifs is 1. The zero-order valence-corrected chi connectivity index (χ0v) is 8.73. The van der Waals surface area contributed by atoms with Crippen molar-refractivity contribution in [3.8, 4) is 17.2 Å². The third kappa shape index (κ3) is 1.80. The van der Waals surface area contributed by atoms with Crippen molar-refractivity contribution >= 4 is 22.1 Å². The average molecular weight is 239 g/mol. The molecule has 0 saturated heterocycles. The molecule has 0 amide bonds. The van der Waals surface area contributed by atoms with Crippen LogP contribution in [0.3, 0.4) is 0 Å². The molecule has 0 fully saturated rings. The SMILES string of the molecule is O=S([O-])Oc1c(O)ccc2cccc(O)c12. The molecule has 2 rings (SSSR count). The highest BCUT2D eigenvalue weighted by molar-refractivity contribution is 7.74. The van der Waals surface area contributed by atoms with Gasteiger partial charge in [0.25, 0.3) is 0 Å². The minimum atomic E-state index is -2.81. The average Bonchev–Trinajstić information content (AvgIpc) is 2.22. The van der Waals surface area contributed by atoms with Gasteiger partial charge in [0.2, 0.25) is 0 Å². The van der Waals surface area contributed by atoms with Crippen molar-refractivity contribution in [1.29, 1.82) is 0 Å². The summed E-state index contributed by atoms with van der Waals surface area (Å²) in [5.74, 6) is -0.781. The van der Waals surface area contributed by atoms with Crippen molar-refractivity contribution in [3.63, 3.8) is 0 Å². The first-order chi connectivity index (χ1) is 7.59. The van der Waals surface area contributed by atoms with Gasteiger partial charge in [-0.3, -0.25) is 0 Å². The monoisotopic (exact) mass is 239 g/mol. The lowest BCUT2D eigenvalue weighted by molar-refractivity contribution is 0.410. The molecule has 6 heteroatoms.